The number of rotatable bonds is 4. The van der Waals surface area contributed by atoms with Crippen molar-refractivity contribution in [1.82, 2.24) is 9.80 Å². The number of carbonyl (C=O) groups is 2. The molecule has 0 N–H and O–H groups in total. The van der Waals surface area contributed by atoms with Crippen LogP contribution < -0.4 is 0 Å². The van der Waals surface area contributed by atoms with Crippen molar-refractivity contribution in [3.63, 3.8) is 0 Å². The lowest BCUT2D eigenvalue weighted by atomic mass is 9.83. The Morgan fingerprint density at radius 1 is 0.943 bits per heavy atom. The van der Waals surface area contributed by atoms with E-state index in [2.05, 4.69) is 25.1 Å². The van der Waals surface area contributed by atoms with Crippen LogP contribution in [0.5, 0.6) is 0 Å². The maximum Gasteiger partial charge on any atom is 0.410 e. The number of amides is 2. The molecule has 0 radical (unpaired) electrons. The van der Waals surface area contributed by atoms with Crippen molar-refractivity contribution < 1.29 is 19.1 Å². The summed E-state index contributed by atoms with van der Waals surface area (Å²) in [7, 11) is 0. The molecule has 2 aromatic rings. The van der Waals surface area contributed by atoms with Gasteiger partial charge in [0.05, 0.1) is 6.04 Å². The van der Waals surface area contributed by atoms with Gasteiger partial charge in [0.15, 0.2) is 0 Å². The maximum atomic E-state index is 12.7. The highest BCUT2D eigenvalue weighted by atomic mass is 16.6. The fourth-order valence-electron chi connectivity index (χ4n) is 5.15. The van der Waals surface area contributed by atoms with Gasteiger partial charge in [-0.3, -0.25) is 0 Å². The third kappa shape index (κ3) is 6.36. The van der Waals surface area contributed by atoms with E-state index in [1.807, 2.05) is 60.9 Å². The summed E-state index contributed by atoms with van der Waals surface area (Å²) in [5, 5.41) is 0. The topological polar surface area (TPSA) is 59.1 Å². The molecule has 2 aliphatic rings. The van der Waals surface area contributed by atoms with Crippen LogP contribution in [-0.4, -0.2) is 47.2 Å². The minimum absolute atomic E-state index is 0.00483. The Labute approximate surface area is 209 Å². The first-order chi connectivity index (χ1) is 16.7. The van der Waals surface area contributed by atoms with E-state index in [1.54, 1.807) is 0 Å². The Balaban J connectivity index is 1.32. The number of hydrogen-bond acceptors (Lipinski definition) is 4. The van der Waals surface area contributed by atoms with Gasteiger partial charge in [0.2, 0.25) is 0 Å². The number of fused-ring (bicyclic) bond motifs is 1. The molecule has 2 aromatic carbocycles. The molecule has 1 atom stereocenters. The monoisotopic (exact) mass is 478 g/mol. The minimum Gasteiger partial charge on any atom is -0.445 e. The number of ether oxygens (including phenoxy) is 2. The summed E-state index contributed by atoms with van der Waals surface area (Å²) in [6.07, 6.45) is 3.34. The zero-order valence-corrected chi connectivity index (χ0v) is 21.5. The molecule has 0 aliphatic carbocycles. The van der Waals surface area contributed by atoms with Crippen LogP contribution in [0, 0.1) is 5.92 Å². The first kappa shape index (κ1) is 25.1. The fraction of sp³-hybridized carbons (Fsp3) is 0.517. The average Bonchev–Trinajstić information content (AvgIpc) is 2.83. The Morgan fingerprint density at radius 2 is 1.66 bits per heavy atom. The smallest absolute Gasteiger partial charge is 0.410 e. The third-order valence-electron chi connectivity index (χ3n) is 7.04. The van der Waals surface area contributed by atoms with Crippen LogP contribution >= 0.6 is 0 Å². The molecular formula is C29H38N2O4. The van der Waals surface area contributed by atoms with Gasteiger partial charge in [0.25, 0.3) is 0 Å². The van der Waals surface area contributed by atoms with Gasteiger partial charge in [0.1, 0.15) is 12.2 Å². The summed E-state index contributed by atoms with van der Waals surface area (Å²) < 4.78 is 11.1. The molecule has 1 unspecified atom stereocenters. The lowest BCUT2D eigenvalue weighted by Gasteiger charge is -2.37. The van der Waals surface area contributed by atoms with Crippen LogP contribution in [0.4, 0.5) is 9.59 Å². The molecule has 1 fully saturated rings. The molecule has 2 amide bonds. The minimum atomic E-state index is -0.498. The number of carbonyl (C=O) groups excluding carboxylic acids is 2. The van der Waals surface area contributed by atoms with Gasteiger partial charge >= 0.3 is 12.2 Å². The molecule has 0 aromatic heterocycles. The van der Waals surface area contributed by atoms with E-state index >= 15 is 0 Å². The maximum absolute atomic E-state index is 12.7. The first-order valence-corrected chi connectivity index (χ1v) is 12.8. The molecule has 0 bridgehead atoms. The molecule has 188 valence electrons. The summed E-state index contributed by atoms with van der Waals surface area (Å²) in [5.41, 5.74) is 4.49. The standard InChI is InChI=1S/C29H38N2O4/c1-21-25-12-8-11-24(26(25)15-18-31(21)28(33)35-29(2,3)4)19-22-13-16-30(17-14-22)27(32)34-20-23-9-6-5-7-10-23/h5-12,21-22H,13-20H2,1-4H3. The molecule has 0 spiro atoms. The van der Waals surface area contributed by atoms with Crippen molar-refractivity contribution in [2.75, 3.05) is 19.6 Å². The van der Waals surface area contributed by atoms with Crippen LogP contribution in [0.2, 0.25) is 0 Å². The van der Waals surface area contributed by atoms with Crippen molar-refractivity contribution in [1.29, 1.82) is 0 Å². The summed E-state index contributed by atoms with van der Waals surface area (Å²) in [5.74, 6) is 0.541. The predicted octanol–water partition coefficient (Wildman–Crippen LogP) is 6.13. The molecule has 1 saturated heterocycles. The molecule has 2 heterocycles. The van der Waals surface area contributed by atoms with Gasteiger partial charge in [-0.1, -0.05) is 48.5 Å². The van der Waals surface area contributed by atoms with Crippen LogP contribution in [-0.2, 0) is 28.9 Å². The van der Waals surface area contributed by atoms with E-state index in [-0.39, 0.29) is 18.2 Å². The quantitative estimate of drug-likeness (QED) is 0.530. The highest BCUT2D eigenvalue weighted by Gasteiger charge is 2.32. The van der Waals surface area contributed by atoms with E-state index in [4.69, 9.17) is 9.47 Å². The largest absolute Gasteiger partial charge is 0.445 e. The number of hydrogen-bond donors (Lipinski definition) is 0. The van der Waals surface area contributed by atoms with Crippen LogP contribution in [0.3, 0.4) is 0 Å². The van der Waals surface area contributed by atoms with Crippen molar-refractivity contribution in [3.05, 3.63) is 70.8 Å². The summed E-state index contributed by atoms with van der Waals surface area (Å²) >= 11 is 0. The normalized spacial score (nSPS) is 18.7. The second-order valence-electron chi connectivity index (χ2n) is 10.8. The van der Waals surface area contributed by atoms with Crippen LogP contribution in [0.1, 0.15) is 68.8 Å². The van der Waals surface area contributed by atoms with Gasteiger partial charge in [-0.25, -0.2) is 9.59 Å². The van der Waals surface area contributed by atoms with Gasteiger partial charge in [0, 0.05) is 19.6 Å². The van der Waals surface area contributed by atoms with E-state index in [9.17, 15) is 9.59 Å². The zero-order valence-electron chi connectivity index (χ0n) is 21.5. The van der Waals surface area contributed by atoms with Gasteiger partial charge in [-0.2, -0.15) is 0 Å². The van der Waals surface area contributed by atoms with Crippen molar-refractivity contribution in [3.8, 4) is 0 Å². The first-order valence-electron chi connectivity index (χ1n) is 12.8. The van der Waals surface area contributed by atoms with E-state index in [1.165, 1.54) is 16.7 Å². The molecule has 35 heavy (non-hydrogen) atoms. The average molecular weight is 479 g/mol. The predicted molar refractivity (Wildman–Crippen MR) is 136 cm³/mol. The van der Waals surface area contributed by atoms with Crippen molar-refractivity contribution >= 4 is 12.2 Å². The van der Waals surface area contributed by atoms with Gasteiger partial charge in [-0.15, -0.1) is 0 Å². The Hall–Kier alpha value is -3.02. The highest BCUT2D eigenvalue weighted by molar-refractivity contribution is 5.69. The number of benzene rings is 2. The van der Waals surface area contributed by atoms with E-state index in [0.29, 0.717) is 19.1 Å². The van der Waals surface area contributed by atoms with E-state index in [0.717, 1.165) is 44.3 Å². The summed E-state index contributed by atoms with van der Waals surface area (Å²) in [6.45, 7) is 10.2. The SMILES string of the molecule is CC1c2cccc(CC3CCN(C(=O)OCc4ccccc4)CC3)c2CCN1C(=O)OC(C)(C)C. The second kappa shape index (κ2) is 10.7. The van der Waals surface area contributed by atoms with Gasteiger partial charge < -0.3 is 19.3 Å². The lowest BCUT2D eigenvalue weighted by molar-refractivity contribution is 0.0159. The number of piperidine rings is 1. The number of likely N-dealkylation sites (tertiary alicyclic amines) is 1. The molecule has 4 rings (SSSR count). The summed E-state index contributed by atoms with van der Waals surface area (Å²) in [6, 6.07) is 16.3. The Kier molecular flexibility index (Phi) is 7.68. The highest BCUT2D eigenvalue weighted by Crippen LogP contribution is 2.34. The molecule has 0 saturated carbocycles. The Bertz CT molecular complexity index is 1020. The molecule has 6 heteroatoms. The molecular weight excluding hydrogens is 440 g/mol. The fourth-order valence-corrected chi connectivity index (χ4v) is 5.15. The summed E-state index contributed by atoms with van der Waals surface area (Å²) in [4.78, 5) is 28.9. The third-order valence-corrected chi connectivity index (χ3v) is 7.04. The zero-order chi connectivity index (χ0) is 25.0. The molecule has 2 aliphatic heterocycles. The van der Waals surface area contributed by atoms with Crippen LogP contribution in [0.25, 0.3) is 0 Å². The number of nitrogens with zero attached hydrogens (tertiary/aromatic N) is 2. The second-order valence-corrected chi connectivity index (χ2v) is 10.8. The van der Waals surface area contributed by atoms with E-state index < -0.39 is 5.60 Å². The molecule has 6 nitrogen and oxygen atoms in total. The van der Waals surface area contributed by atoms with Crippen LogP contribution in [0.15, 0.2) is 48.5 Å². The lowest BCUT2D eigenvalue weighted by Crippen LogP contribution is -2.42. The Morgan fingerprint density at radius 3 is 2.34 bits per heavy atom. The van der Waals surface area contributed by atoms with Crippen molar-refractivity contribution in [2.24, 2.45) is 5.92 Å². The van der Waals surface area contributed by atoms with Crippen molar-refractivity contribution in [2.45, 2.75) is 71.6 Å². The van der Waals surface area contributed by atoms with Gasteiger partial charge in [-0.05, 0) is 81.5 Å².